The van der Waals surface area contributed by atoms with Crippen LogP contribution in [0.4, 0.5) is 0 Å². The lowest BCUT2D eigenvalue weighted by molar-refractivity contribution is 0.0844. The number of likely N-dealkylation sites (tertiary alicyclic amines) is 1. The van der Waals surface area contributed by atoms with Gasteiger partial charge in [-0.1, -0.05) is 0 Å². The Morgan fingerprint density at radius 3 is 2.79 bits per heavy atom. The Morgan fingerprint density at radius 1 is 1.50 bits per heavy atom. The van der Waals surface area contributed by atoms with Gasteiger partial charge in [-0.2, -0.15) is 0 Å². The van der Waals surface area contributed by atoms with Gasteiger partial charge in [0.25, 0.3) is 0 Å². The van der Waals surface area contributed by atoms with E-state index in [0.717, 1.165) is 19.6 Å². The van der Waals surface area contributed by atoms with Gasteiger partial charge in [-0.15, -0.1) is 0 Å². The van der Waals surface area contributed by atoms with Crippen LogP contribution in [0.3, 0.4) is 0 Å². The molecular weight excluding hydrogens is 176 g/mol. The molecule has 1 saturated heterocycles. The van der Waals surface area contributed by atoms with Crippen LogP contribution in [0.25, 0.3) is 0 Å². The van der Waals surface area contributed by atoms with Crippen molar-refractivity contribution in [1.82, 2.24) is 9.80 Å². The zero-order valence-corrected chi connectivity index (χ0v) is 9.74. The van der Waals surface area contributed by atoms with E-state index in [-0.39, 0.29) is 6.61 Å². The van der Waals surface area contributed by atoms with E-state index in [1.54, 1.807) is 0 Å². The number of likely N-dealkylation sites (N-methyl/N-ethyl adjacent to an activating group) is 1. The Hall–Kier alpha value is -0.120. The zero-order chi connectivity index (χ0) is 10.6. The summed E-state index contributed by atoms with van der Waals surface area (Å²) in [5.74, 6) is 0. The van der Waals surface area contributed by atoms with Crippen LogP contribution in [0.1, 0.15) is 26.7 Å². The van der Waals surface area contributed by atoms with Crippen LogP contribution in [0.2, 0.25) is 0 Å². The fourth-order valence-electron chi connectivity index (χ4n) is 2.13. The monoisotopic (exact) mass is 200 g/mol. The average Bonchev–Trinajstić information content (AvgIpc) is 2.17. The van der Waals surface area contributed by atoms with Crippen LogP contribution < -0.4 is 0 Å². The number of piperidine rings is 1. The number of aliphatic hydroxyl groups excluding tert-OH is 1. The van der Waals surface area contributed by atoms with Crippen LogP contribution in [0, 0.1) is 0 Å². The molecular formula is C11H24N2O. The summed E-state index contributed by atoms with van der Waals surface area (Å²) < 4.78 is 0. The molecule has 3 nitrogen and oxygen atoms in total. The second-order valence-corrected chi connectivity index (χ2v) is 4.58. The summed E-state index contributed by atoms with van der Waals surface area (Å²) in [6, 6.07) is 1.30. The van der Waals surface area contributed by atoms with Gasteiger partial charge in [-0.3, -0.25) is 9.80 Å². The number of nitrogens with zero attached hydrogens (tertiary/aromatic N) is 2. The van der Waals surface area contributed by atoms with E-state index in [9.17, 15) is 0 Å². The number of hydrogen-bond acceptors (Lipinski definition) is 3. The van der Waals surface area contributed by atoms with Gasteiger partial charge in [0.15, 0.2) is 0 Å². The topological polar surface area (TPSA) is 26.7 Å². The first kappa shape index (κ1) is 12.0. The molecule has 1 rings (SSSR count). The highest BCUT2D eigenvalue weighted by Crippen LogP contribution is 2.16. The van der Waals surface area contributed by atoms with E-state index < -0.39 is 0 Å². The van der Waals surface area contributed by atoms with Crippen LogP contribution in [-0.4, -0.2) is 60.3 Å². The molecule has 0 bridgehead atoms. The Kier molecular flexibility index (Phi) is 4.85. The molecule has 84 valence electrons. The van der Waals surface area contributed by atoms with Gasteiger partial charge in [0.2, 0.25) is 0 Å². The molecule has 1 fully saturated rings. The van der Waals surface area contributed by atoms with Gasteiger partial charge in [-0.05, 0) is 40.3 Å². The van der Waals surface area contributed by atoms with Crippen molar-refractivity contribution in [3.63, 3.8) is 0 Å². The molecule has 0 aliphatic carbocycles. The van der Waals surface area contributed by atoms with Crippen LogP contribution in [0.15, 0.2) is 0 Å². The minimum Gasteiger partial charge on any atom is -0.395 e. The van der Waals surface area contributed by atoms with E-state index >= 15 is 0 Å². The van der Waals surface area contributed by atoms with Crippen molar-refractivity contribution in [2.24, 2.45) is 0 Å². The average molecular weight is 200 g/mol. The Balaban J connectivity index is 2.39. The molecule has 1 aliphatic rings. The largest absolute Gasteiger partial charge is 0.395 e. The molecule has 0 aromatic heterocycles. The number of rotatable bonds is 4. The first-order chi connectivity index (χ1) is 6.65. The third-order valence-corrected chi connectivity index (χ3v) is 3.29. The van der Waals surface area contributed by atoms with Gasteiger partial charge < -0.3 is 5.11 Å². The summed E-state index contributed by atoms with van der Waals surface area (Å²) in [6.07, 6.45) is 2.57. The van der Waals surface area contributed by atoms with E-state index in [0.29, 0.717) is 12.1 Å². The standard InChI is InChI=1S/C11H24N2O/c1-10(2)12(3)11-5-4-6-13(9-11)7-8-14/h10-11,14H,4-9H2,1-3H3/t11-/m1/s1. The molecule has 0 spiro atoms. The molecule has 1 heterocycles. The predicted molar refractivity (Wildman–Crippen MR) is 59.4 cm³/mol. The van der Waals surface area contributed by atoms with Crippen LogP contribution in [-0.2, 0) is 0 Å². The fraction of sp³-hybridized carbons (Fsp3) is 1.00. The van der Waals surface area contributed by atoms with E-state index in [4.69, 9.17) is 5.11 Å². The molecule has 0 aromatic rings. The molecule has 0 saturated carbocycles. The van der Waals surface area contributed by atoms with Crippen molar-refractivity contribution in [2.45, 2.75) is 38.8 Å². The SMILES string of the molecule is CC(C)N(C)[C@@H]1CCCN(CCO)C1. The van der Waals surface area contributed by atoms with Gasteiger partial charge >= 0.3 is 0 Å². The Morgan fingerprint density at radius 2 is 2.21 bits per heavy atom. The minimum absolute atomic E-state index is 0.290. The molecule has 14 heavy (non-hydrogen) atoms. The van der Waals surface area contributed by atoms with Gasteiger partial charge in [-0.25, -0.2) is 0 Å². The highest BCUT2D eigenvalue weighted by atomic mass is 16.3. The highest BCUT2D eigenvalue weighted by Gasteiger charge is 2.23. The number of β-amino-alcohol motifs (C(OH)–C–C–N with tert-alkyl or cyclic N) is 1. The molecule has 1 N–H and O–H groups in total. The Labute approximate surface area is 87.7 Å². The van der Waals surface area contributed by atoms with E-state index in [1.807, 2.05) is 0 Å². The maximum atomic E-state index is 8.90. The second-order valence-electron chi connectivity index (χ2n) is 4.58. The molecule has 0 radical (unpaired) electrons. The van der Waals surface area contributed by atoms with Crippen LogP contribution in [0.5, 0.6) is 0 Å². The first-order valence-electron chi connectivity index (χ1n) is 5.70. The first-order valence-corrected chi connectivity index (χ1v) is 5.70. The molecule has 1 aliphatic heterocycles. The third-order valence-electron chi connectivity index (χ3n) is 3.29. The molecule has 1 atom stereocenters. The van der Waals surface area contributed by atoms with Crippen molar-refractivity contribution in [3.05, 3.63) is 0 Å². The highest BCUT2D eigenvalue weighted by molar-refractivity contribution is 4.80. The second kappa shape index (κ2) is 5.69. The maximum absolute atomic E-state index is 8.90. The lowest BCUT2D eigenvalue weighted by atomic mass is 10.0. The number of hydrogen-bond donors (Lipinski definition) is 1. The van der Waals surface area contributed by atoms with Gasteiger partial charge in [0, 0.05) is 25.2 Å². The van der Waals surface area contributed by atoms with Crippen molar-refractivity contribution in [1.29, 1.82) is 0 Å². The lowest BCUT2D eigenvalue weighted by Crippen LogP contribution is -2.49. The van der Waals surface area contributed by atoms with E-state index in [1.165, 1.54) is 12.8 Å². The summed E-state index contributed by atoms with van der Waals surface area (Å²) in [6.45, 7) is 7.88. The maximum Gasteiger partial charge on any atom is 0.0558 e. The number of aliphatic hydroxyl groups is 1. The van der Waals surface area contributed by atoms with Gasteiger partial charge in [0.1, 0.15) is 0 Å². The quantitative estimate of drug-likeness (QED) is 0.726. The summed E-state index contributed by atoms with van der Waals surface area (Å²) in [5.41, 5.74) is 0. The van der Waals surface area contributed by atoms with Crippen molar-refractivity contribution >= 4 is 0 Å². The molecule has 3 heteroatoms. The predicted octanol–water partition coefficient (Wildman–Crippen LogP) is 0.783. The summed E-state index contributed by atoms with van der Waals surface area (Å²) in [4.78, 5) is 4.82. The minimum atomic E-state index is 0.290. The Bertz CT molecular complexity index is 159. The summed E-state index contributed by atoms with van der Waals surface area (Å²) in [5, 5.41) is 8.90. The third kappa shape index (κ3) is 3.23. The fourth-order valence-corrected chi connectivity index (χ4v) is 2.13. The summed E-state index contributed by atoms with van der Waals surface area (Å²) in [7, 11) is 2.21. The van der Waals surface area contributed by atoms with Crippen LogP contribution >= 0.6 is 0 Å². The van der Waals surface area contributed by atoms with E-state index in [2.05, 4.69) is 30.7 Å². The molecule has 0 amide bonds. The lowest BCUT2D eigenvalue weighted by Gasteiger charge is -2.39. The molecule has 0 unspecified atom stereocenters. The zero-order valence-electron chi connectivity index (χ0n) is 9.74. The van der Waals surface area contributed by atoms with Crippen molar-refractivity contribution in [2.75, 3.05) is 33.3 Å². The van der Waals surface area contributed by atoms with Crippen molar-refractivity contribution in [3.8, 4) is 0 Å². The van der Waals surface area contributed by atoms with Crippen molar-refractivity contribution < 1.29 is 5.11 Å². The normalized spacial score (nSPS) is 24.9. The molecule has 0 aromatic carbocycles. The van der Waals surface area contributed by atoms with Gasteiger partial charge in [0.05, 0.1) is 6.61 Å². The smallest absolute Gasteiger partial charge is 0.0558 e. The summed E-state index contributed by atoms with van der Waals surface area (Å²) >= 11 is 0.